The number of carbonyl (C=O) groups excluding carboxylic acids is 1. The van der Waals surface area contributed by atoms with Gasteiger partial charge in [0.2, 0.25) is 5.91 Å². The van der Waals surface area contributed by atoms with Gasteiger partial charge < -0.3 is 20.1 Å². The second-order valence-electron chi connectivity index (χ2n) is 4.32. The maximum Gasteiger partial charge on any atom is 0.226 e. The third kappa shape index (κ3) is 3.90. The number of hydrogen-bond donors (Lipinski definition) is 2. The van der Waals surface area contributed by atoms with E-state index in [1.807, 2.05) is 0 Å². The molecule has 104 valence electrons. The molecule has 1 heterocycles. The highest BCUT2D eigenvalue weighted by Gasteiger charge is 2.17. The highest BCUT2D eigenvalue weighted by Crippen LogP contribution is 2.25. The monoisotopic (exact) mass is 268 g/mol. The molecule has 2 rings (SSSR count). The van der Waals surface area contributed by atoms with Crippen LogP contribution in [0.1, 0.15) is 6.42 Å². The molecule has 1 aromatic rings. The van der Waals surface area contributed by atoms with Gasteiger partial charge in [0.15, 0.2) is 0 Å². The van der Waals surface area contributed by atoms with Crippen LogP contribution in [0.2, 0.25) is 0 Å². The van der Waals surface area contributed by atoms with Gasteiger partial charge in [0.05, 0.1) is 26.0 Å². The normalized spacial score (nSPS) is 18.9. The van der Waals surface area contributed by atoms with Gasteiger partial charge in [-0.2, -0.15) is 0 Å². The zero-order valence-electron chi connectivity index (χ0n) is 10.7. The third-order valence-corrected chi connectivity index (χ3v) is 2.87. The molecule has 1 saturated heterocycles. The Bertz CT molecular complexity index is 448. The van der Waals surface area contributed by atoms with Crippen LogP contribution in [-0.4, -0.2) is 38.8 Å². The Morgan fingerprint density at radius 2 is 2.47 bits per heavy atom. The lowest BCUT2D eigenvalue weighted by Crippen LogP contribution is -2.43. The Balaban J connectivity index is 1.95. The molecule has 0 aliphatic carbocycles. The first-order valence-corrected chi connectivity index (χ1v) is 6.13. The molecule has 2 N–H and O–H groups in total. The Morgan fingerprint density at radius 3 is 3.16 bits per heavy atom. The van der Waals surface area contributed by atoms with E-state index in [1.54, 1.807) is 0 Å². The van der Waals surface area contributed by atoms with Gasteiger partial charge in [0.25, 0.3) is 0 Å². The van der Waals surface area contributed by atoms with Gasteiger partial charge in [-0.15, -0.1) is 0 Å². The van der Waals surface area contributed by atoms with Crippen molar-refractivity contribution in [3.8, 4) is 5.75 Å². The van der Waals surface area contributed by atoms with Crippen LogP contribution >= 0.6 is 0 Å². The molecule has 19 heavy (non-hydrogen) atoms. The number of rotatable bonds is 4. The predicted molar refractivity (Wildman–Crippen MR) is 68.8 cm³/mol. The summed E-state index contributed by atoms with van der Waals surface area (Å²) in [6.07, 6.45) is 0.277. The Labute approximate surface area is 111 Å². The molecule has 0 aromatic heterocycles. The molecule has 1 fully saturated rings. The molecule has 1 unspecified atom stereocenters. The van der Waals surface area contributed by atoms with E-state index >= 15 is 0 Å². The molecule has 1 aliphatic heterocycles. The predicted octanol–water partition coefficient (Wildman–Crippen LogP) is 1.15. The van der Waals surface area contributed by atoms with E-state index in [1.165, 1.54) is 25.3 Å². The molecule has 1 atom stereocenters. The van der Waals surface area contributed by atoms with Gasteiger partial charge in [-0.25, -0.2) is 4.39 Å². The van der Waals surface area contributed by atoms with E-state index in [2.05, 4.69) is 10.6 Å². The summed E-state index contributed by atoms with van der Waals surface area (Å²) in [7, 11) is 1.47. The average Bonchev–Trinajstić information content (AvgIpc) is 2.40. The van der Waals surface area contributed by atoms with Gasteiger partial charge in [-0.1, -0.05) is 0 Å². The summed E-state index contributed by atoms with van der Waals surface area (Å²) in [6.45, 7) is 1.91. The van der Waals surface area contributed by atoms with Crippen molar-refractivity contribution in [3.05, 3.63) is 24.0 Å². The molecule has 5 nitrogen and oxygen atoms in total. The van der Waals surface area contributed by atoms with Gasteiger partial charge in [0.1, 0.15) is 11.6 Å². The summed E-state index contributed by atoms with van der Waals surface area (Å²) >= 11 is 0. The van der Waals surface area contributed by atoms with Gasteiger partial charge in [-0.3, -0.25) is 4.79 Å². The number of carbonyl (C=O) groups is 1. The lowest BCUT2D eigenvalue weighted by molar-refractivity contribution is -0.117. The number of nitrogens with one attached hydrogen (secondary N) is 2. The SMILES string of the molecule is COc1ccc(F)cc1NC(=O)CC1COCCN1. The molecular weight excluding hydrogens is 251 g/mol. The first kappa shape index (κ1) is 13.8. The number of halogens is 1. The largest absolute Gasteiger partial charge is 0.495 e. The number of benzene rings is 1. The second-order valence-corrected chi connectivity index (χ2v) is 4.32. The number of anilines is 1. The van der Waals surface area contributed by atoms with Crippen molar-refractivity contribution >= 4 is 11.6 Å². The minimum absolute atomic E-state index is 0.00620. The van der Waals surface area contributed by atoms with E-state index in [0.29, 0.717) is 24.7 Å². The van der Waals surface area contributed by atoms with Crippen molar-refractivity contribution in [2.75, 3.05) is 32.2 Å². The minimum atomic E-state index is -0.421. The van der Waals surface area contributed by atoms with Crippen LogP contribution in [0, 0.1) is 5.82 Å². The minimum Gasteiger partial charge on any atom is -0.495 e. The fraction of sp³-hybridized carbons (Fsp3) is 0.462. The third-order valence-electron chi connectivity index (χ3n) is 2.87. The lowest BCUT2D eigenvalue weighted by atomic mass is 10.2. The summed E-state index contributed by atoms with van der Waals surface area (Å²) in [5, 5.41) is 5.83. The topological polar surface area (TPSA) is 59.6 Å². The molecule has 1 amide bonds. The molecular formula is C13H17FN2O3. The number of hydrogen-bond acceptors (Lipinski definition) is 4. The van der Waals surface area contributed by atoms with Crippen molar-refractivity contribution in [3.63, 3.8) is 0 Å². The number of methoxy groups -OCH3 is 1. The van der Waals surface area contributed by atoms with Crippen LogP contribution in [-0.2, 0) is 9.53 Å². The van der Waals surface area contributed by atoms with Gasteiger partial charge >= 0.3 is 0 Å². The maximum atomic E-state index is 13.2. The van der Waals surface area contributed by atoms with Crippen LogP contribution in [0.4, 0.5) is 10.1 Å². The number of morpholine rings is 1. The fourth-order valence-electron chi connectivity index (χ4n) is 1.95. The molecule has 0 saturated carbocycles. The highest BCUT2D eigenvalue weighted by molar-refractivity contribution is 5.92. The standard InChI is InChI=1S/C13H17FN2O3/c1-18-12-3-2-9(14)6-11(12)16-13(17)7-10-8-19-5-4-15-10/h2-3,6,10,15H,4-5,7-8H2,1H3,(H,16,17). The summed E-state index contributed by atoms with van der Waals surface area (Å²) in [5.74, 6) is -0.190. The Morgan fingerprint density at radius 1 is 1.63 bits per heavy atom. The van der Waals surface area contributed by atoms with Crippen molar-refractivity contribution < 1.29 is 18.7 Å². The average molecular weight is 268 g/mol. The Hall–Kier alpha value is -1.66. The number of amides is 1. The zero-order valence-corrected chi connectivity index (χ0v) is 10.7. The van der Waals surface area contributed by atoms with Crippen LogP contribution in [0.5, 0.6) is 5.75 Å². The second kappa shape index (κ2) is 6.49. The van der Waals surface area contributed by atoms with E-state index < -0.39 is 5.82 Å². The van der Waals surface area contributed by atoms with Gasteiger partial charge in [-0.05, 0) is 12.1 Å². The highest BCUT2D eigenvalue weighted by atomic mass is 19.1. The summed E-state index contributed by atoms with van der Waals surface area (Å²) in [6, 6.07) is 3.99. The summed E-state index contributed by atoms with van der Waals surface area (Å²) < 4.78 is 23.5. The van der Waals surface area contributed by atoms with Crippen LogP contribution < -0.4 is 15.4 Å². The van der Waals surface area contributed by atoms with E-state index in [4.69, 9.17) is 9.47 Å². The van der Waals surface area contributed by atoms with Crippen LogP contribution in [0.25, 0.3) is 0 Å². The van der Waals surface area contributed by atoms with Crippen molar-refractivity contribution in [1.29, 1.82) is 0 Å². The molecule has 6 heteroatoms. The Kier molecular flexibility index (Phi) is 4.70. The molecule has 1 aromatic carbocycles. The quantitative estimate of drug-likeness (QED) is 0.860. The molecule has 0 spiro atoms. The first-order valence-electron chi connectivity index (χ1n) is 6.13. The first-order chi connectivity index (χ1) is 9.19. The van der Waals surface area contributed by atoms with Gasteiger partial charge in [0, 0.05) is 25.1 Å². The zero-order chi connectivity index (χ0) is 13.7. The van der Waals surface area contributed by atoms with E-state index in [9.17, 15) is 9.18 Å². The van der Waals surface area contributed by atoms with Crippen molar-refractivity contribution in [2.24, 2.45) is 0 Å². The smallest absolute Gasteiger partial charge is 0.226 e. The summed E-state index contributed by atoms with van der Waals surface area (Å²) in [5.41, 5.74) is 0.337. The fourth-order valence-corrected chi connectivity index (χ4v) is 1.95. The van der Waals surface area contributed by atoms with Crippen molar-refractivity contribution in [2.45, 2.75) is 12.5 Å². The van der Waals surface area contributed by atoms with Crippen molar-refractivity contribution in [1.82, 2.24) is 5.32 Å². The van der Waals surface area contributed by atoms with E-state index in [-0.39, 0.29) is 18.4 Å². The molecule has 0 bridgehead atoms. The van der Waals surface area contributed by atoms with E-state index in [0.717, 1.165) is 6.54 Å². The number of ether oxygens (including phenoxy) is 2. The van der Waals surface area contributed by atoms with Crippen LogP contribution in [0.3, 0.4) is 0 Å². The maximum absolute atomic E-state index is 13.2. The lowest BCUT2D eigenvalue weighted by Gasteiger charge is -2.23. The summed E-state index contributed by atoms with van der Waals surface area (Å²) in [4.78, 5) is 11.9. The van der Waals surface area contributed by atoms with Crippen LogP contribution in [0.15, 0.2) is 18.2 Å². The molecule has 0 radical (unpaired) electrons. The molecule has 1 aliphatic rings.